The third kappa shape index (κ3) is 3.72. The predicted molar refractivity (Wildman–Crippen MR) is 88.4 cm³/mol. The Morgan fingerprint density at radius 2 is 2.05 bits per heavy atom. The maximum Gasteiger partial charge on any atom is 0.243 e. The van der Waals surface area contributed by atoms with Crippen LogP contribution >= 0.6 is 27.7 Å². The van der Waals surface area contributed by atoms with E-state index in [1.165, 1.54) is 0 Å². The minimum Gasteiger partial charge on any atom is -0.398 e. The van der Waals surface area contributed by atoms with Gasteiger partial charge in [-0.25, -0.2) is 17.5 Å². The van der Waals surface area contributed by atoms with Crippen LogP contribution in [-0.2, 0) is 10.0 Å². The molecule has 0 bridgehead atoms. The number of nitrogens with two attached hydrogens (primary N) is 1. The molecule has 1 aliphatic carbocycles. The molecule has 0 unspecified atom stereocenters. The molecular weight excluding hydrogens is 379 g/mol. The van der Waals surface area contributed by atoms with Crippen molar-refractivity contribution in [3.05, 3.63) is 22.4 Å². The van der Waals surface area contributed by atoms with Crippen LogP contribution in [0.15, 0.2) is 21.5 Å². The van der Waals surface area contributed by atoms with Crippen molar-refractivity contribution in [3.8, 4) is 0 Å². The van der Waals surface area contributed by atoms with E-state index >= 15 is 0 Å². The van der Waals surface area contributed by atoms with Gasteiger partial charge in [0.15, 0.2) is 0 Å². The summed E-state index contributed by atoms with van der Waals surface area (Å²) in [6, 6.07) is 2.21. The normalized spacial score (nSPS) is 18.0. The smallest absolute Gasteiger partial charge is 0.243 e. The molecule has 1 aromatic carbocycles. The van der Waals surface area contributed by atoms with E-state index in [2.05, 4.69) is 20.7 Å². The number of thioether (sulfide) groups is 1. The molecule has 3 N–H and O–H groups in total. The molecule has 1 aromatic rings. The van der Waals surface area contributed by atoms with Gasteiger partial charge < -0.3 is 5.73 Å². The lowest BCUT2D eigenvalue weighted by Gasteiger charge is -2.26. The topological polar surface area (TPSA) is 72.2 Å². The van der Waals surface area contributed by atoms with E-state index in [-0.39, 0.29) is 10.4 Å². The summed E-state index contributed by atoms with van der Waals surface area (Å²) >= 11 is 4.75. The van der Waals surface area contributed by atoms with Gasteiger partial charge in [-0.3, -0.25) is 0 Å². The second-order valence-corrected chi connectivity index (χ2v) is 9.09. The van der Waals surface area contributed by atoms with Crippen molar-refractivity contribution in [2.75, 3.05) is 18.5 Å². The summed E-state index contributed by atoms with van der Waals surface area (Å²) in [7, 11) is -3.91. The van der Waals surface area contributed by atoms with Crippen molar-refractivity contribution >= 4 is 43.4 Å². The molecule has 0 aromatic heterocycles. The zero-order chi connectivity index (χ0) is 15.7. The van der Waals surface area contributed by atoms with E-state index < -0.39 is 20.7 Å². The first-order chi connectivity index (χ1) is 9.80. The number of halogens is 2. The Labute approximate surface area is 137 Å². The Morgan fingerprint density at radius 1 is 1.43 bits per heavy atom. The van der Waals surface area contributed by atoms with Gasteiger partial charge in [0.25, 0.3) is 0 Å². The molecule has 0 spiro atoms. The van der Waals surface area contributed by atoms with Gasteiger partial charge in [-0.2, -0.15) is 11.8 Å². The number of anilines is 1. The van der Waals surface area contributed by atoms with Crippen molar-refractivity contribution < 1.29 is 12.8 Å². The number of nitrogen functional groups attached to an aromatic ring is 1. The molecule has 0 amide bonds. The highest BCUT2D eigenvalue weighted by atomic mass is 79.9. The van der Waals surface area contributed by atoms with Crippen molar-refractivity contribution in [1.29, 1.82) is 0 Å². The summed E-state index contributed by atoms with van der Waals surface area (Å²) in [6.07, 6.45) is 6.13. The minimum atomic E-state index is -3.91. The Kier molecular flexibility index (Phi) is 5.23. The lowest BCUT2D eigenvalue weighted by molar-refractivity contribution is 0.538. The zero-order valence-electron chi connectivity index (χ0n) is 11.7. The molecule has 0 radical (unpaired) electrons. The van der Waals surface area contributed by atoms with Crippen molar-refractivity contribution in [2.24, 2.45) is 0 Å². The predicted octanol–water partition coefficient (Wildman–Crippen LogP) is 3.12. The average molecular weight is 397 g/mol. The van der Waals surface area contributed by atoms with Crippen LogP contribution in [0.1, 0.15) is 25.7 Å². The van der Waals surface area contributed by atoms with E-state index in [9.17, 15) is 12.8 Å². The number of hydrogen-bond donors (Lipinski definition) is 2. The van der Waals surface area contributed by atoms with E-state index in [0.717, 1.165) is 37.8 Å². The van der Waals surface area contributed by atoms with Gasteiger partial charge >= 0.3 is 0 Å². The van der Waals surface area contributed by atoms with Crippen molar-refractivity contribution in [3.63, 3.8) is 0 Å². The SMILES string of the molecule is CSC1(CNS(=O)(=O)c2cc(N)c(Br)cc2F)CCCC1. The zero-order valence-corrected chi connectivity index (χ0v) is 14.9. The summed E-state index contributed by atoms with van der Waals surface area (Å²) in [5, 5.41) is 0. The molecule has 0 aliphatic heterocycles. The molecule has 8 heteroatoms. The van der Waals surface area contributed by atoms with Crippen LogP contribution in [0.5, 0.6) is 0 Å². The van der Waals surface area contributed by atoms with Crippen LogP contribution in [0.4, 0.5) is 10.1 Å². The lowest BCUT2D eigenvalue weighted by Crippen LogP contribution is -2.38. The third-order valence-electron chi connectivity index (χ3n) is 3.87. The first kappa shape index (κ1) is 17.1. The summed E-state index contributed by atoms with van der Waals surface area (Å²) in [6.45, 7) is 0.311. The van der Waals surface area contributed by atoms with Gasteiger partial charge in [0, 0.05) is 21.5 Å². The number of nitrogens with one attached hydrogen (secondary N) is 1. The number of hydrogen-bond acceptors (Lipinski definition) is 4. The second kappa shape index (κ2) is 6.44. The largest absolute Gasteiger partial charge is 0.398 e. The Balaban J connectivity index is 2.21. The van der Waals surface area contributed by atoms with E-state index in [1.807, 2.05) is 6.26 Å². The first-order valence-electron chi connectivity index (χ1n) is 6.59. The molecule has 118 valence electrons. The highest BCUT2D eigenvalue weighted by molar-refractivity contribution is 9.10. The maximum absolute atomic E-state index is 13.9. The Morgan fingerprint density at radius 3 is 2.62 bits per heavy atom. The van der Waals surface area contributed by atoms with Crippen molar-refractivity contribution in [1.82, 2.24) is 4.72 Å². The van der Waals surface area contributed by atoms with Crippen LogP contribution in [-0.4, -0.2) is 26.0 Å². The minimum absolute atomic E-state index is 0.0789. The van der Waals surface area contributed by atoms with Gasteiger partial charge in [-0.15, -0.1) is 0 Å². The summed E-state index contributed by atoms with van der Waals surface area (Å²) < 4.78 is 41.3. The standard InChI is InChI=1S/C13H18BrFN2O2S2/c1-20-13(4-2-3-5-13)8-17-21(18,19)12-7-11(16)9(14)6-10(12)15/h6-7,17H,2-5,8,16H2,1H3. The van der Waals surface area contributed by atoms with Gasteiger partial charge in [-0.1, -0.05) is 12.8 Å². The van der Waals surface area contributed by atoms with Crippen LogP contribution in [0.25, 0.3) is 0 Å². The third-order valence-corrected chi connectivity index (χ3v) is 7.39. The number of benzene rings is 1. The average Bonchev–Trinajstić information content (AvgIpc) is 2.90. The van der Waals surface area contributed by atoms with Crippen molar-refractivity contribution in [2.45, 2.75) is 35.3 Å². The lowest BCUT2D eigenvalue weighted by atomic mass is 10.1. The Bertz CT molecular complexity index is 631. The molecule has 1 aliphatic rings. The Hall–Kier alpha value is -0.310. The molecule has 0 atom stereocenters. The van der Waals surface area contributed by atoms with Gasteiger partial charge in [0.1, 0.15) is 10.7 Å². The van der Waals surface area contributed by atoms with E-state index in [1.54, 1.807) is 11.8 Å². The van der Waals surface area contributed by atoms with E-state index in [0.29, 0.717) is 11.0 Å². The fraction of sp³-hybridized carbons (Fsp3) is 0.538. The molecule has 4 nitrogen and oxygen atoms in total. The van der Waals surface area contributed by atoms with Crippen LogP contribution in [0, 0.1) is 5.82 Å². The molecule has 1 saturated carbocycles. The second-order valence-electron chi connectivity index (χ2n) is 5.22. The monoisotopic (exact) mass is 396 g/mol. The van der Waals surface area contributed by atoms with Gasteiger partial charge in [-0.05, 0) is 47.2 Å². The number of rotatable bonds is 5. The molecule has 1 fully saturated rings. The van der Waals surface area contributed by atoms with Gasteiger partial charge in [0.05, 0.1) is 0 Å². The molecular formula is C13H18BrFN2O2S2. The summed E-state index contributed by atoms with van der Waals surface area (Å²) in [5.74, 6) is -0.812. The van der Waals surface area contributed by atoms with Crippen LogP contribution < -0.4 is 10.5 Å². The quantitative estimate of drug-likeness (QED) is 0.749. The first-order valence-corrected chi connectivity index (χ1v) is 10.1. The van der Waals surface area contributed by atoms with Crippen LogP contribution in [0.2, 0.25) is 0 Å². The maximum atomic E-state index is 13.9. The highest BCUT2D eigenvalue weighted by Gasteiger charge is 2.34. The number of sulfonamides is 1. The molecule has 21 heavy (non-hydrogen) atoms. The molecule has 2 rings (SSSR count). The van der Waals surface area contributed by atoms with Gasteiger partial charge in [0.2, 0.25) is 10.0 Å². The summed E-state index contributed by atoms with van der Waals surface area (Å²) in [4.78, 5) is -0.405. The van der Waals surface area contributed by atoms with E-state index in [4.69, 9.17) is 5.73 Å². The molecule has 0 saturated heterocycles. The highest BCUT2D eigenvalue weighted by Crippen LogP contribution is 2.40. The fourth-order valence-corrected chi connectivity index (χ4v) is 5.07. The van der Waals surface area contributed by atoms with Crippen LogP contribution in [0.3, 0.4) is 0 Å². The molecule has 0 heterocycles. The summed E-state index contributed by atoms with van der Waals surface area (Å²) in [5.41, 5.74) is 5.84. The fourth-order valence-electron chi connectivity index (χ4n) is 2.53.